The zero-order valence-corrected chi connectivity index (χ0v) is 23.0. The molecule has 1 heterocycles. The van der Waals surface area contributed by atoms with Crippen molar-refractivity contribution >= 4 is 67.3 Å². The highest BCUT2D eigenvalue weighted by atomic mass is 35.5. The summed E-state index contributed by atoms with van der Waals surface area (Å²) in [5.41, 5.74) is 1.67. The number of sulfone groups is 1. The van der Waals surface area contributed by atoms with E-state index in [0.717, 1.165) is 28.0 Å². The Morgan fingerprint density at radius 3 is 2.05 bits per heavy atom. The number of rotatable bonds is 7. The molecular weight excluding hydrogens is 551 g/mol. The van der Waals surface area contributed by atoms with Gasteiger partial charge in [-0.2, -0.15) is 0 Å². The van der Waals surface area contributed by atoms with E-state index in [4.69, 9.17) is 23.2 Å². The van der Waals surface area contributed by atoms with Crippen molar-refractivity contribution in [2.75, 3.05) is 19.0 Å². The third-order valence-electron chi connectivity index (χ3n) is 5.51. The van der Waals surface area contributed by atoms with Gasteiger partial charge in [0.2, 0.25) is 9.84 Å². The number of hydrogen-bond donors (Lipinski definition) is 0. The fourth-order valence-electron chi connectivity index (χ4n) is 3.49. The van der Waals surface area contributed by atoms with Gasteiger partial charge < -0.3 is 4.90 Å². The number of hydrogen-bond acceptors (Lipinski definition) is 6. The van der Waals surface area contributed by atoms with E-state index in [1.807, 2.05) is 43.3 Å². The van der Waals surface area contributed by atoms with Crippen LogP contribution in [0.3, 0.4) is 0 Å². The summed E-state index contributed by atoms with van der Waals surface area (Å²) in [7, 11) is -0.0748. The number of anilines is 1. The summed E-state index contributed by atoms with van der Waals surface area (Å²) in [5.74, 6) is -0.350. The molecule has 0 atom stereocenters. The molecule has 10 heteroatoms. The topological polar surface area (TPSA) is 76.5 Å². The molecule has 4 aromatic rings. The van der Waals surface area contributed by atoms with Crippen LogP contribution < -0.4 is 19.7 Å². The van der Waals surface area contributed by atoms with Gasteiger partial charge in [0.15, 0.2) is 5.78 Å². The highest BCUT2D eigenvalue weighted by molar-refractivity contribution is 7.99. The molecule has 190 valence electrons. The third-order valence-corrected chi connectivity index (χ3v) is 8.69. The van der Waals surface area contributed by atoms with Crippen molar-refractivity contribution in [1.29, 1.82) is 0 Å². The Morgan fingerprint density at radius 1 is 0.919 bits per heavy atom. The van der Waals surface area contributed by atoms with Crippen LogP contribution in [0.2, 0.25) is 10.0 Å². The molecular formula is C27H22Cl2N2O4S2. The maximum Gasteiger partial charge on any atom is 0.269 e. The van der Waals surface area contributed by atoms with Gasteiger partial charge in [0.1, 0.15) is 4.66 Å². The Balaban J connectivity index is 1.85. The number of nitrogens with zero attached hydrogens (tertiary/aromatic N) is 2. The maximum atomic E-state index is 13.4. The molecule has 0 fully saturated rings. The van der Waals surface area contributed by atoms with Gasteiger partial charge in [-0.1, -0.05) is 35.3 Å². The van der Waals surface area contributed by atoms with Gasteiger partial charge in [0.25, 0.3) is 5.56 Å². The lowest BCUT2D eigenvalue weighted by Gasteiger charge is -2.11. The molecule has 0 amide bonds. The number of carbonyl (C=O) groups is 1. The zero-order chi connectivity index (χ0) is 26.7. The third kappa shape index (κ3) is 6.40. The number of ketones is 1. The zero-order valence-electron chi connectivity index (χ0n) is 19.9. The second-order valence-electron chi connectivity index (χ2n) is 8.37. The van der Waals surface area contributed by atoms with Gasteiger partial charge >= 0.3 is 0 Å². The van der Waals surface area contributed by atoms with Gasteiger partial charge in [-0.3, -0.25) is 14.2 Å². The molecule has 0 bridgehead atoms. The Bertz CT molecular complexity index is 1720. The Labute approximate surface area is 228 Å². The molecule has 0 unspecified atom stereocenters. The largest absolute Gasteiger partial charge is 0.378 e. The second kappa shape index (κ2) is 11.1. The number of carbonyl (C=O) groups excluding carboxylic acids is 1. The number of benzene rings is 3. The number of Topliss-reactive ketones (excluding diaryl/α,β-unsaturated/α-hetero) is 1. The molecule has 0 aliphatic rings. The van der Waals surface area contributed by atoms with Crippen LogP contribution in [0.4, 0.5) is 5.69 Å². The van der Waals surface area contributed by atoms with Crippen LogP contribution in [0.5, 0.6) is 0 Å². The lowest BCUT2D eigenvalue weighted by Crippen LogP contribution is -2.34. The summed E-state index contributed by atoms with van der Waals surface area (Å²) in [6, 6.07) is 19.6. The van der Waals surface area contributed by atoms with Gasteiger partial charge in [0, 0.05) is 35.4 Å². The summed E-state index contributed by atoms with van der Waals surface area (Å²) < 4.78 is 27.9. The van der Waals surface area contributed by atoms with Crippen molar-refractivity contribution in [2.45, 2.75) is 11.4 Å². The lowest BCUT2D eigenvalue weighted by molar-refractivity contribution is 0.0970. The minimum atomic E-state index is -3.93. The van der Waals surface area contributed by atoms with Crippen LogP contribution in [0, 0.1) is 0 Å². The number of aromatic nitrogens is 1. The normalized spacial score (nSPS) is 12.6. The molecule has 1 aromatic heterocycles. The first-order valence-electron chi connectivity index (χ1n) is 11.0. The average molecular weight is 574 g/mol. The number of halogens is 2. The second-order valence-corrected chi connectivity index (χ2v) is 12.1. The molecule has 0 radical (unpaired) electrons. The van der Waals surface area contributed by atoms with E-state index in [1.54, 1.807) is 30.3 Å². The van der Waals surface area contributed by atoms with Crippen molar-refractivity contribution in [3.8, 4) is 0 Å². The summed E-state index contributed by atoms with van der Waals surface area (Å²) in [6.45, 7) is -0.327. The summed E-state index contributed by atoms with van der Waals surface area (Å²) in [5, 5.41) is 1.89. The van der Waals surface area contributed by atoms with E-state index in [2.05, 4.69) is 0 Å². The first-order chi connectivity index (χ1) is 17.5. The van der Waals surface area contributed by atoms with Crippen LogP contribution in [0.1, 0.15) is 15.9 Å². The van der Waals surface area contributed by atoms with Crippen molar-refractivity contribution in [1.82, 2.24) is 4.57 Å². The standard InChI is InChI=1S/C27H22Cl2N2O4S2/c1-30(2)22-11-3-18(4-12-22)15-25-27(33)31(16-24(32)19-5-7-20(28)8-6-19)26(36-25)17-37(34,35)23-13-9-21(29)10-14-23/h3-15,17H,16H2,1-2H3/b25-15+,26-17-. The van der Waals surface area contributed by atoms with Gasteiger partial charge in [-0.15, -0.1) is 11.3 Å². The molecule has 0 aliphatic carbocycles. The van der Waals surface area contributed by atoms with Crippen molar-refractivity contribution in [3.63, 3.8) is 0 Å². The van der Waals surface area contributed by atoms with Crippen LogP contribution in [-0.2, 0) is 16.4 Å². The maximum absolute atomic E-state index is 13.4. The van der Waals surface area contributed by atoms with Crippen molar-refractivity contribution < 1.29 is 13.2 Å². The molecule has 0 saturated carbocycles. The van der Waals surface area contributed by atoms with E-state index in [9.17, 15) is 18.0 Å². The van der Waals surface area contributed by atoms with Crippen molar-refractivity contribution in [3.05, 3.63) is 114 Å². The van der Waals surface area contributed by atoms with E-state index in [1.165, 1.54) is 28.8 Å². The van der Waals surface area contributed by atoms with Crippen molar-refractivity contribution in [2.24, 2.45) is 0 Å². The molecule has 37 heavy (non-hydrogen) atoms. The first kappa shape index (κ1) is 26.9. The highest BCUT2D eigenvalue weighted by Gasteiger charge is 2.16. The molecule has 0 spiro atoms. The number of thiazole rings is 1. The Kier molecular flexibility index (Phi) is 8.04. The molecule has 0 saturated heterocycles. The average Bonchev–Trinajstić information content (AvgIpc) is 3.13. The fourth-order valence-corrected chi connectivity index (χ4v) is 6.23. The van der Waals surface area contributed by atoms with Gasteiger partial charge in [0.05, 0.1) is 21.4 Å². The molecule has 0 aliphatic heterocycles. The van der Waals surface area contributed by atoms with Crippen LogP contribution in [0.15, 0.2) is 82.5 Å². The Hall–Kier alpha value is -3.17. The summed E-state index contributed by atoms with van der Waals surface area (Å²) >= 11 is 12.8. The molecule has 0 N–H and O–H groups in total. The monoisotopic (exact) mass is 572 g/mol. The smallest absolute Gasteiger partial charge is 0.269 e. The minimum Gasteiger partial charge on any atom is -0.378 e. The summed E-state index contributed by atoms with van der Waals surface area (Å²) in [4.78, 5) is 28.3. The predicted molar refractivity (Wildman–Crippen MR) is 151 cm³/mol. The predicted octanol–water partition coefficient (Wildman–Crippen LogP) is 4.21. The van der Waals surface area contributed by atoms with Crippen LogP contribution in [-0.4, -0.2) is 32.9 Å². The quantitative estimate of drug-likeness (QED) is 0.310. The summed E-state index contributed by atoms with van der Waals surface area (Å²) in [6.07, 6.45) is 1.68. The van der Waals surface area contributed by atoms with Crippen LogP contribution in [0.25, 0.3) is 11.5 Å². The van der Waals surface area contributed by atoms with E-state index >= 15 is 0 Å². The SMILES string of the molecule is CN(C)c1ccc(/C=c2/s/c(=C\S(=O)(=O)c3ccc(Cl)cc3)n(CC(=O)c3ccc(Cl)cc3)c2=O)cc1. The lowest BCUT2D eigenvalue weighted by atomic mass is 10.1. The van der Waals surface area contributed by atoms with E-state index in [0.29, 0.717) is 20.1 Å². The van der Waals surface area contributed by atoms with E-state index in [-0.39, 0.29) is 21.9 Å². The minimum absolute atomic E-state index is 0.0260. The molecule has 6 nitrogen and oxygen atoms in total. The molecule has 3 aromatic carbocycles. The molecule has 4 rings (SSSR count). The first-order valence-corrected chi connectivity index (χ1v) is 14.2. The fraction of sp³-hybridized carbons (Fsp3) is 0.111. The Morgan fingerprint density at radius 2 is 1.49 bits per heavy atom. The highest BCUT2D eigenvalue weighted by Crippen LogP contribution is 2.17. The van der Waals surface area contributed by atoms with Gasteiger partial charge in [-0.25, -0.2) is 8.42 Å². The van der Waals surface area contributed by atoms with E-state index < -0.39 is 15.4 Å². The van der Waals surface area contributed by atoms with Crippen LogP contribution >= 0.6 is 34.5 Å². The van der Waals surface area contributed by atoms with Gasteiger partial charge in [-0.05, 0) is 72.3 Å².